The van der Waals surface area contributed by atoms with Gasteiger partial charge in [0.1, 0.15) is 18.8 Å². The number of rotatable bonds is 7. The lowest BCUT2D eigenvalue weighted by Crippen LogP contribution is -2.71. The van der Waals surface area contributed by atoms with Gasteiger partial charge in [-0.15, -0.1) is 0 Å². The van der Waals surface area contributed by atoms with E-state index in [1.165, 1.54) is 20.8 Å². The molecule has 0 N–H and O–H groups in total. The van der Waals surface area contributed by atoms with E-state index in [0.29, 0.717) is 25.4 Å². The number of hydrogen-bond donors (Lipinski definition) is 0. The highest BCUT2D eigenvalue weighted by atomic mass is 16.6. The zero-order chi connectivity index (χ0) is 36.5. The third kappa shape index (κ3) is 5.49. The molecule has 0 spiro atoms. The Hall–Kier alpha value is -2.71. The fraction of sp³-hybridized carbons (Fsp3) is 0.825. The van der Waals surface area contributed by atoms with Gasteiger partial charge in [0.25, 0.3) is 0 Å². The molecule has 0 aromatic heterocycles. The van der Waals surface area contributed by atoms with E-state index in [1.807, 2.05) is 17.9 Å². The van der Waals surface area contributed by atoms with Crippen LogP contribution >= 0.6 is 0 Å². The summed E-state index contributed by atoms with van der Waals surface area (Å²) in [6.45, 7) is 22.8. The van der Waals surface area contributed by atoms with E-state index >= 15 is 4.79 Å². The van der Waals surface area contributed by atoms with E-state index in [2.05, 4.69) is 48.5 Å². The molecule has 12 atom stereocenters. The molecule has 0 bridgehead atoms. The Balaban J connectivity index is 1.67. The van der Waals surface area contributed by atoms with E-state index in [-0.39, 0.29) is 41.5 Å². The van der Waals surface area contributed by atoms with Gasteiger partial charge in [-0.25, -0.2) is 0 Å². The Morgan fingerprint density at radius 1 is 0.857 bits per heavy atom. The third-order valence-corrected chi connectivity index (χ3v) is 15.1. The summed E-state index contributed by atoms with van der Waals surface area (Å²) < 4.78 is 17.6. The Kier molecular flexibility index (Phi) is 9.81. The zero-order valence-corrected chi connectivity index (χ0v) is 31.9. The molecule has 5 rings (SSSR count). The number of hydrogen-bond acceptors (Lipinski definition) is 8. The van der Waals surface area contributed by atoms with Crippen LogP contribution in [0.3, 0.4) is 0 Å². The van der Waals surface area contributed by atoms with Crippen LogP contribution in [0.15, 0.2) is 11.6 Å². The van der Waals surface area contributed by atoms with Gasteiger partial charge in [-0.3, -0.25) is 24.0 Å². The number of esters is 3. The van der Waals surface area contributed by atoms with Crippen molar-refractivity contribution in [2.24, 2.45) is 56.7 Å². The standard InChI is InChI=1S/C40H61NO8/c1-12-41(13-2)35(46)40-17-14-23(3)24(4)32(40)28-20-29(45)33-36(8)21-30(48-26(6)43)34(49-27(7)44)37(9,22-47-25(5)42)31(36)15-16-39(33,11)38(28,10)18-19-40/h20,23-24,30-34H,12-19,21-22H2,1-11H3/t23-,24+,30-,31?,32?,33?,34+,36+,37+,38-,39-,40+/m1/s1. The highest BCUT2D eigenvalue weighted by Crippen LogP contribution is 2.75. The average Bonchev–Trinajstić information content (AvgIpc) is 3.00. The first-order chi connectivity index (χ1) is 22.8. The van der Waals surface area contributed by atoms with Crippen LogP contribution in [-0.2, 0) is 38.2 Å². The monoisotopic (exact) mass is 683 g/mol. The highest BCUT2D eigenvalue weighted by Gasteiger charge is 2.73. The molecular weight excluding hydrogens is 622 g/mol. The first-order valence-electron chi connectivity index (χ1n) is 18.8. The van der Waals surface area contributed by atoms with Crippen molar-refractivity contribution in [3.8, 4) is 0 Å². The minimum Gasteiger partial charge on any atom is -0.465 e. The molecule has 0 radical (unpaired) electrons. The predicted molar refractivity (Wildman–Crippen MR) is 185 cm³/mol. The number of amides is 1. The van der Waals surface area contributed by atoms with E-state index in [0.717, 1.165) is 44.1 Å². The molecule has 1 amide bonds. The Morgan fingerprint density at radius 2 is 1.49 bits per heavy atom. The molecule has 0 aromatic carbocycles. The summed E-state index contributed by atoms with van der Waals surface area (Å²) in [5.41, 5.74) is -1.71. The van der Waals surface area contributed by atoms with Crippen molar-refractivity contribution in [1.29, 1.82) is 0 Å². The molecule has 9 nitrogen and oxygen atoms in total. The van der Waals surface area contributed by atoms with E-state index in [1.54, 1.807) is 0 Å². The summed E-state index contributed by atoms with van der Waals surface area (Å²) in [7, 11) is 0. The van der Waals surface area contributed by atoms with E-state index in [4.69, 9.17) is 14.2 Å². The molecule has 3 unspecified atom stereocenters. The lowest BCUT2D eigenvalue weighted by atomic mass is 9.33. The minimum atomic E-state index is -0.915. The van der Waals surface area contributed by atoms with Crippen LogP contribution in [0.5, 0.6) is 0 Å². The van der Waals surface area contributed by atoms with Gasteiger partial charge in [0.15, 0.2) is 5.78 Å². The van der Waals surface area contributed by atoms with Crippen molar-refractivity contribution >= 4 is 29.6 Å². The van der Waals surface area contributed by atoms with Gasteiger partial charge in [-0.1, -0.05) is 47.1 Å². The Bertz CT molecular complexity index is 1420. The second kappa shape index (κ2) is 12.8. The molecule has 0 saturated heterocycles. The quantitative estimate of drug-likeness (QED) is 0.215. The molecule has 0 aliphatic heterocycles. The summed E-state index contributed by atoms with van der Waals surface area (Å²) in [4.78, 5) is 68.9. The zero-order valence-electron chi connectivity index (χ0n) is 31.9. The molecule has 9 heteroatoms. The van der Waals surface area contributed by atoms with Gasteiger partial charge in [0.2, 0.25) is 5.91 Å². The number of ether oxygens (including phenoxy) is 3. The molecule has 0 heterocycles. The fourth-order valence-electron chi connectivity index (χ4n) is 12.6. The summed E-state index contributed by atoms with van der Waals surface area (Å²) in [5.74, 6) is -1.05. The van der Waals surface area contributed by atoms with Gasteiger partial charge in [-0.2, -0.15) is 0 Å². The predicted octanol–water partition coefficient (Wildman–Crippen LogP) is 6.71. The van der Waals surface area contributed by atoms with Gasteiger partial charge < -0.3 is 19.1 Å². The second-order valence-electron chi connectivity index (χ2n) is 17.4. The summed E-state index contributed by atoms with van der Waals surface area (Å²) in [6, 6.07) is 0. The second-order valence-corrected chi connectivity index (χ2v) is 17.4. The number of ketones is 1. The highest BCUT2D eigenvalue weighted by molar-refractivity contribution is 5.96. The minimum absolute atomic E-state index is 0.0157. The maximum atomic E-state index is 15.1. The number of allylic oxidation sites excluding steroid dienone is 2. The topological polar surface area (TPSA) is 116 Å². The van der Waals surface area contributed by atoms with Crippen LogP contribution in [0.2, 0.25) is 0 Å². The van der Waals surface area contributed by atoms with Crippen LogP contribution < -0.4 is 0 Å². The Labute approximate surface area is 293 Å². The number of carbonyl (C=O) groups is 5. The maximum absolute atomic E-state index is 15.1. The largest absolute Gasteiger partial charge is 0.465 e. The van der Waals surface area contributed by atoms with Crippen molar-refractivity contribution in [1.82, 2.24) is 4.90 Å². The van der Waals surface area contributed by atoms with Crippen LogP contribution in [0.25, 0.3) is 0 Å². The molecular formula is C40H61NO8. The summed E-state index contributed by atoms with van der Waals surface area (Å²) in [5, 5.41) is 0. The number of fused-ring (bicyclic) bond motifs is 7. The molecule has 5 aliphatic carbocycles. The van der Waals surface area contributed by atoms with Crippen molar-refractivity contribution in [2.75, 3.05) is 19.7 Å². The van der Waals surface area contributed by atoms with Gasteiger partial charge in [0, 0.05) is 45.2 Å². The van der Waals surface area contributed by atoms with Gasteiger partial charge >= 0.3 is 17.9 Å². The van der Waals surface area contributed by atoms with E-state index in [9.17, 15) is 19.2 Å². The number of carbonyl (C=O) groups excluding carboxylic acids is 5. The first-order valence-corrected chi connectivity index (χ1v) is 18.8. The van der Waals surface area contributed by atoms with Crippen molar-refractivity contribution < 1.29 is 38.2 Å². The molecule has 49 heavy (non-hydrogen) atoms. The molecule has 0 aromatic rings. The van der Waals surface area contributed by atoms with Crippen molar-refractivity contribution in [2.45, 2.75) is 133 Å². The lowest BCUT2D eigenvalue weighted by Gasteiger charge is -2.71. The van der Waals surface area contributed by atoms with Gasteiger partial charge in [0.05, 0.1) is 5.41 Å². The van der Waals surface area contributed by atoms with Gasteiger partial charge in [-0.05, 0) is 105 Å². The fourth-order valence-corrected chi connectivity index (χ4v) is 12.6. The number of nitrogens with zero attached hydrogens (tertiary/aromatic N) is 1. The molecule has 4 saturated carbocycles. The average molecular weight is 684 g/mol. The summed E-state index contributed by atoms with van der Waals surface area (Å²) >= 11 is 0. The van der Waals surface area contributed by atoms with Crippen LogP contribution in [0.4, 0.5) is 0 Å². The molecule has 4 fully saturated rings. The molecule has 274 valence electrons. The molecule has 5 aliphatic rings. The van der Waals surface area contributed by atoms with E-state index < -0.39 is 57.7 Å². The van der Waals surface area contributed by atoms with Crippen molar-refractivity contribution in [3.05, 3.63) is 11.6 Å². The third-order valence-electron chi connectivity index (χ3n) is 15.1. The van der Waals surface area contributed by atoms with Crippen LogP contribution in [-0.4, -0.2) is 66.4 Å². The smallest absolute Gasteiger partial charge is 0.303 e. The Morgan fingerprint density at radius 3 is 2.06 bits per heavy atom. The van der Waals surface area contributed by atoms with Crippen molar-refractivity contribution in [3.63, 3.8) is 0 Å². The summed E-state index contributed by atoms with van der Waals surface area (Å²) in [6.07, 6.45) is 5.57. The van der Waals surface area contributed by atoms with Crippen LogP contribution in [0, 0.1) is 56.7 Å². The lowest BCUT2D eigenvalue weighted by molar-refractivity contribution is -0.252. The first kappa shape index (κ1) is 37.5. The SMILES string of the molecule is CCN(CC)C(=O)[C@]12CC[C@@H](C)[C@H](C)C1C1=CC(=O)C3[C@@]4(C)C[C@@H](OC(C)=O)[C@H](OC(C)=O)[C@@](C)(COC(C)=O)C4CC[C@@]3(C)[C@]1(C)CC2. The van der Waals surface area contributed by atoms with Crippen LogP contribution in [0.1, 0.15) is 121 Å². The maximum Gasteiger partial charge on any atom is 0.303 e. The normalized spacial score (nSPS) is 44.2.